The van der Waals surface area contributed by atoms with Crippen molar-refractivity contribution in [1.29, 1.82) is 0 Å². The van der Waals surface area contributed by atoms with Crippen LogP contribution in [0.5, 0.6) is 11.5 Å². The van der Waals surface area contributed by atoms with Gasteiger partial charge in [-0.05, 0) is 45.6 Å². The Morgan fingerprint density at radius 3 is 2.64 bits per heavy atom. The fraction of sp³-hybridized carbons (Fsp3) is 0.280. The summed E-state index contributed by atoms with van der Waals surface area (Å²) in [6, 6.07) is 13.3. The number of allylic oxidation sites excluding steroid dienone is 2. The van der Waals surface area contributed by atoms with Gasteiger partial charge in [0, 0.05) is 18.4 Å². The third-order valence-corrected chi connectivity index (χ3v) is 6.29. The number of esters is 1. The second-order valence-corrected chi connectivity index (χ2v) is 8.58. The minimum absolute atomic E-state index is 0.0557. The molecule has 0 unspecified atom stereocenters. The molecule has 1 aliphatic carbocycles. The summed E-state index contributed by atoms with van der Waals surface area (Å²) in [7, 11) is 2.80. The molecule has 0 fully saturated rings. The number of carbonyl (C=O) groups is 2. The van der Waals surface area contributed by atoms with Crippen LogP contribution in [0.2, 0.25) is 0 Å². The van der Waals surface area contributed by atoms with Crippen molar-refractivity contribution >= 4 is 27.7 Å². The smallest absolute Gasteiger partial charge is 0.340 e. The summed E-state index contributed by atoms with van der Waals surface area (Å²) in [6.07, 6.45) is 1.62. The Balaban J connectivity index is 1.78. The van der Waals surface area contributed by atoms with E-state index in [1.54, 1.807) is 6.07 Å². The van der Waals surface area contributed by atoms with Gasteiger partial charge in [0.1, 0.15) is 17.9 Å². The fourth-order valence-electron chi connectivity index (χ4n) is 4.17. The molecule has 2 aliphatic rings. The topological polar surface area (TPSA) is 97.1 Å². The lowest BCUT2D eigenvalue weighted by Gasteiger charge is -2.32. The summed E-state index contributed by atoms with van der Waals surface area (Å²) in [5.74, 6) is -0.0486. The van der Waals surface area contributed by atoms with Crippen molar-refractivity contribution in [3.05, 3.63) is 80.9 Å². The van der Waals surface area contributed by atoms with Gasteiger partial charge in [-0.3, -0.25) is 4.79 Å². The molecule has 1 aliphatic heterocycles. The molecule has 2 aromatic rings. The Morgan fingerprint density at radius 1 is 1.18 bits per heavy atom. The quantitative estimate of drug-likeness (QED) is 0.567. The number of carbonyl (C=O) groups excluding carboxylic acids is 2. The Kier molecular flexibility index (Phi) is 6.74. The summed E-state index contributed by atoms with van der Waals surface area (Å²) in [5, 5.41) is 0. The fourth-order valence-corrected chi connectivity index (χ4v) is 4.75. The highest BCUT2D eigenvalue weighted by Crippen LogP contribution is 2.47. The van der Waals surface area contributed by atoms with E-state index in [0.29, 0.717) is 58.7 Å². The number of ether oxygens (including phenoxy) is 4. The maximum absolute atomic E-state index is 12.9. The van der Waals surface area contributed by atoms with Crippen LogP contribution in [0.4, 0.5) is 0 Å². The molecule has 1 heterocycles. The summed E-state index contributed by atoms with van der Waals surface area (Å²) in [4.78, 5) is 25.6. The van der Waals surface area contributed by atoms with E-state index in [4.69, 9.17) is 24.7 Å². The van der Waals surface area contributed by atoms with Gasteiger partial charge in [-0.1, -0.05) is 30.3 Å². The predicted octanol–water partition coefficient (Wildman–Crippen LogP) is 4.50. The van der Waals surface area contributed by atoms with Crippen molar-refractivity contribution in [3.63, 3.8) is 0 Å². The number of halogens is 1. The molecular formula is C25H24BrNO6. The first-order chi connectivity index (χ1) is 15.9. The third kappa shape index (κ3) is 4.48. The molecule has 2 aromatic carbocycles. The number of benzene rings is 2. The maximum Gasteiger partial charge on any atom is 0.340 e. The minimum atomic E-state index is -0.734. The number of hydrogen-bond donors (Lipinski definition) is 1. The van der Waals surface area contributed by atoms with E-state index >= 15 is 0 Å². The molecule has 7 nitrogen and oxygen atoms in total. The average molecular weight is 514 g/mol. The van der Waals surface area contributed by atoms with E-state index in [9.17, 15) is 9.59 Å². The lowest BCUT2D eigenvalue weighted by molar-refractivity contribution is -0.136. The summed E-state index contributed by atoms with van der Waals surface area (Å²) in [6.45, 7) is 0.348. The highest BCUT2D eigenvalue weighted by Gasteiger charge is 2.41. The van der Waals surface area contributed by atoms with Crippen molar-refractivity contribution in [1.82, 2.24) is 0 Å². The standard InChI is InChI=1S/C25H24BrNO6/c1-30-19-12-15(11-16(26)23(19)32-13-14-7-4-3-5-8-14)20-21-17(28)9-6-10-18(21)33-24(27)22(20)25(29)31-2/h3-5,7-8,11-12,20H,6,9-10,13,27H2,1-2H3/t20-/m1/s1. The van der Waals surface area contributed by atoms with Gasteiger partial charge in [0.05, 0.1) is 24.6 Å². The van der Waals surface area contributed by atoms with Crippen LogP contribution in [0, 0.1) is 0 Å². The molecule has 33 heavy (non-hydrogen) atoms. The zero-order valence-electron chi connectivity index (χ0n) is 18.4. The zero-order chi connectivity index (χ0) is 23.5. The van der Waals surface area contributed by atoms with Crippen molar-refractivity contribution < 1.29 is 28.5 Å². The largest absolute Gasteiger partial charge is 0.493 e. The van der Waals surface area contributed by atoms with E-state index < -0.39 is 11.9 Å². The van der Waals surface area contributed by atoms with Crippen LogP contribution in [-0.2, 0) is 25.7 Å². The van der Waals surface area contributed by atoms with Crippen molar-refractivity contribution in [3.8, 4) is 11.5 Å². The lowest BCUT2D eigenvalue weighted by atomic mass is 9.77. The first kappa shape index (κ1) is 22.9. The number of rotatable bonds is 6. The Bertz CT molecular complexity index is 1150. The Hall–Kier alpha value is -3.26. The van der Waals surface area contributed by atoms with Crippen molar-refractivity contribution in [2.24, 2.45) is 5.73 Å². The van der Waals surface area contributed by atoms with Gasteiger partial charge < -0.3 is 24.7 Å². The first-order valence-electron chi connectivity index (χ1n) is 10.5. The number of Topliss-reactive ketones (excluding diaryl/α,β-unsaturated/α-hetero) is 1. The third-order valence-electron chi connectivity index (χ3n) is 5.70. The van der Waals surface area contributed by atoms with Crippen LogP contribution in [0.3, 0.4) is 0 Å². The molecular weight excluding hydrogens is 490 g/mol. The van der Waals surface area contributed by atoms with Crippen LogP contribution in [0.1, 0.15) is 36.3 Å². The highest BCUT2D eigenvalue weighted by atomic mass is 79.9. The van der Waals surface area contributed by atoms with Crippen LogP contribution in [-0.4, -0.2) is 26.0 Å². The molecule has 172 valence electrons. The van der Waals surface area contributed by atoms with E-state index in [0.717, 1.165) is 5.56 Å². The van der Waals surface area contributed by atoms with Crippen LogP contribution >= 0.6 is 15.9 Å². The normalized spacial score (nSPS) is 17.9. The van der Waals surface area contributed by atoms with Gasteiger partial charge in [0.15, 0.2) is 17.3 Å². The number of methoxy groups -OCH3 is 2. The van der Waals surface area contributed by atoms with Gasteiger partial charge >= 0.3 is 5.97 Å². The van der Waals surface area contributed by atoms with Crippen molar-refractivity contribution in [2.75, 3.05) is 14.2 Å². The monoisotopic (exact) mass is 513 g/mol. The van der Waals surface area contributed by atoms with Gasteiger partial charge in [-0.15, -0.1) is 0 Å². The second-order valence-electron chi connectivity index (χ2n) is 7.73. The number of ketones is 1. The molecule has 0 bridgehead atoms. The molecule has 0 amide bonds. The Morgan fingerprint density at radius 2 is 1.94 bits per heavy atom. The van der Waals surface area contributed by atoms with Crippen molar-refractivity contribution in [2.45, 2.75) is 31.8 Å². The zero-order valence-corrected chi connectivity index (χ0v) is 19.9. The van der Waals surface area contributed by atoms with E-state index in [2.05, 4.69) is 15.9 Å². The summed E-state index contributed by atoms with van der Waals surface area (Å²) < 4.78 is 22.9. The van der Waals surface area contributed by atoms with E-state index in [-0.39, 0.29) is 17.2 Å². The van der Waals surface area contributed by atoms with E-state index in [1.807, 2.05) is 36.4 Å². The van der Waals surface area contributed by atoms with E-state index in [1.165, 1.54) is 14.2 Å². The van der Waals surface area contributed by atoms with Gasteiger partial charge in [0.25, 0.3) is 0 Å². The van der Waals surface area contributed by atoms with Gasteiger partial charge in [-0.25, -0.2) is 4.79 Å². The first-order valence-corrected chi connectivity index (χ1v) is 11.3. The van der Waals surface area contributed by atoms with Gasteiger partial charge in [0.2, 0.25) is 5.88 Å². The van der Waals surface area contributed by atoms with Gasteiger partial charge in [-0.2, -0.15) is 0 Å². The summed E-state index contributed by atoms with van der Waals surface area (Å²) in [5.41, 5.74) is 8.30. The molecule has 0 spiro atoms. The molecule has 2 N–H and O–H groups in total. The minimum Gasteiger partial charge on any atom is -0.493 e. The molecule has 0 aromatic heterocycles. The second kappa shape index (κ2) is 9.70. The molecule has 1 atom stereocenters. The average Bonchev–Trinajstić information content (AvgIpc) is 2.82. The van der Waals surface area contributed by atoms with Crippen LogP contribution in [0.25, 0.3) is 0 Å². The van der Waals surface area contributed by atoms with Crippen LogP contribution < -0.4 is 15.2 Å². The number of nitrogens with two attached hydrogens (primary N) is 1. The molecule has 0 saturated carbocycles. The summed E-state index contributed by atoms with van der Waals surface area (Å²) >= 11 is 3.57. The van der Waals surface area contributed by atoms with Crippen LogP contribution in [0.15, 0.2) is 69.7 Å². The maximum atomic E-state index is 12.9. The molecule has 0 saturated heterocycles. The molecule has 4 rings (SSSR count). The highest BCUT2D eigenvalue weighted by molar-refractivity contribution is 9.10. The predicted molar refractivity (Wildman–Crippen MR) is 124 cm³/mol. The SMILES string of the molecule is COC(=O)C1=C(N)OC2=C(C(=O)CCC2)[C@H]1c1cc(Br)c(OCc2ccccc2)c(OC)c1. The molecule has 0 radical (unpaired) electrons. The lowest BCUT2D eigenvalue weighted by Crippen LogP contribution is -2.31. The Labute approximate surface area is 200 Å². The number of hydrogen-bond acceptors (Lipinski definition) is 7. The molecule has 8 heteroatoms.